The first-order chi connectivity index (χ1) is 11.5. The molecule has 0 bridgehead atoms. The molecule has 0 spiro atoms. The molecule has 1 aliphatic heterocycles. The van der Waals surface area contributed by atoms with Crippen molar-refractivity contribution in [3.05, 3.63) is 29.8 Å². The van der Waals surface area contributed by atoms with Gasteiger partial charge in [0, 0.05) is 38.2 Å². The molecule has 0 aromatic heterocycles. The van der Waals surface area contributed by atoms with Gasteiger partial charge in [0.1, 0.15) is 11.6 Å². The van der Waals surface area contributed by atoms with Gasteiger partial charge in [-0.05, 0) is 31.9 Å². The van der Waals surface area contributed by atoms with Crippen LogP contribution in [0, 0.1) is 17.6 Å². The van der Waals surface area contributed by atoms with Crippen LogP contribution in [0.4, 0.5) is 14.5 Å². The van der Waals surface area contributed by atoms with E-state index in [1.165, 1.54) is 6.07 Å². The molecule has 1 aromatic carbocycles. The van der Waals surface area contributed by atoms with E-state index in [4.69, 9.17) is 0 Å². The average molecular weight is 337 g/mol. The number of amides is 2. The molecule has 130 valence electrons. The van der Waals surface area contributed by atoms with Gasteiger partial charge in [0.15, 0.2) is 0 Å². The Morgan fingerprint density at radius 3 is 2.42 bits per heavy atom. The van der Waals surface area contributed by atoms with Crippen molar-refractivity contribution in [3.63, 3.8) is 0 Å². The van der Waals surface area contributed by atoms with Gasteiger partial charge in [-0.2, -0.15) is 0 Å². The minimum Gasteiger partial charge on any atom is -0.340 e. The lowest BCUT2D eigenvalue weighted by atomic mass is 10.2. The third-order valence-electron chi connectivity index (χ3n) is 4.67. The van der Waals surface area contributed by atoms with Crippen molar-refractivity contribution in [1.29, 1.82) is 0 Å². The summed E-state index contributed by atoms with van der Waals surface area (Å²) in [6.07, 6.45) is 1.97. The van der Waals surface area contributed by atoms with Gasteiger partial charge in [-0.25, -0.2) is 8.78 Å². The van der Waals surface area contributed by atoms with Gasteiger partial charge >= 0.3 is 0 Å². The van der Waals surface area contributed by atoms with Gasteiger partial charge in [-0.3, -0.25) is 14.5 Å². The maximum Gasteiger partial charge on any atom is 0.241 e. The summed E-state index contributed by atoms with van der Waals surface area (Å²) in [5.74, 6) is -1.40. The summed E-state index contributed by atoms with van der Waals surface area (Å²) in [6, 6.07) is 2.60. The second-order valence-electron chi connectivity index (χ2n) is 6.42. The highest BCUT2D eigenvalue weighted by atomic mass is 19.1. The first kappa shape index (κ1) is 16.8. The fraction of sp³-hybridized carbons (Fsp3) is 0.529. The topological polar surface area (TPSA) is 52.7 Å². The number of hydrogen-bond donors (Lipinski definition) is 1. The van der Waals surface area contributed by atoms with Crippen molar-refractivity contribution in [1.82, 2.24) is 9.80 Å². The van der Waals surface area contributed by atoms with Crippen molar-refractivity contribution in [2.75, 3.05) is 31.5 Å². The third-order valence-corrected chi connectivity index (χ3v) is 4.67. The first-order valence-corrected chi connectivity index (χ1v) is 8.24. The molecule has 1 N–H and O–H groups in total. The van der Waals surface area contributed by atoms with Crippen molar-refractivity contribution in [3.8, 4) is 0 Å². The molecule has 1 unspecified atom stereocenters. The predicted octanol–water partition coefficient (Wildman–Crippen LogP) is 1.85. The van der Waals surface area contributed by atoms with Crippen LogP contribution in [0.5, 0.6) is 0 Å². The Hall–Kier alpha value is -2.02. The van der Waals surface area contributed by atoms with Crippen molar-refractivity contribution in [2.45, 2.75) is 25.8 Å². The zero-order valence-electron chi connectivity index (χ0n) is 13.6. The lowest BCUT2D eigenvalue weighted by Crippen LogP contribution is -2.54. The van der Waals surface area contributed by atoms with Crippen LogP contribution < -0.4 is 5.32 Å². The Balaban J connectivity index is 1.53. The number of anilines is 1. The van der Waals surface area contributed by atoms with Crippen LogP contribution in [-0.2, 0) is 9.59 Å². The van der Waals surface area contributed by atoms with E-state index < -0.39 is 17.7 Å². The van der Waals surface area contributed by atoms with E-state index >= 15 is 0 Å². The number of piperazine rings is 1. The number of carbonyl (C=O) groups excluding carboxylic acids is 2. The second-order valence-corrected chi connectivity index (χ2v) is 6.42. The number of hydrogen-bond acceptors (Lipinski definition) is 3. The Bertz CT molecular complexity index is 641. The van der Waals surface area contributed by atoms with E-state index in [-0.39, 0.29) is 23.4 Å². The van der Waals surface area contributed by atoms with Crippen molar-refractivity contribution < 1.29 is 18.4 Å². The zero-order valence-corrected chi connectivity index (χ0v) is 13.6. The standard InChI is InChI=1S/C17H21F2N3O2/c1-11(16(23)20-15-5-4-13(18)10-14(15)19)21-6-8-22(9-7-21)17(24)12-2-3-12/h4-5,10-12H,2-3,6-9H2,1H3,(H,20,23). The Morgan fingerprint density at radius 1 is 1.17 bits per heavy atom. The summed E-state index contributed by atoms with van der Waals surface area (Å²) in [6.45, 7) is 4.18. The molecule has 1 aromatic rings. The molecule has 1 atom stereocenters. The summed E-state index contributed by atoms with van der Waals surface area (Å²) >= 11 is 0. The van der Waals surface area contributed by atoms with Gasteiger partial charge in [0.05, 0.1) is 11.7 Å². The zero-order chi connectivity index (χ0) is 17.3. The Morgan fingerprint density at radius 2 is 1.83 bits per heavy atom. The third kappa shape index (κ3) is 3.72. The summed E-state index contributed by atoms with van der Waals surface area (Å²) in [4.78, 5) is 28.1. The molecule has 3 rings (SSSR count). The van der Waals surface area contributed by atoms with Crippen LogP contribution >= 0.6 is 0 Å². The normalized spacial score (nSPS) is 19.9. The van der Waals surface area contributed by atoms with E-state index in [0.717, 1.165) is 25.0 Å². The van der Waals surface area contributed by atoms with Crippen LogP contribution in [-0.4, -0.2) is 53.8 Å². The molecular formula is C17H21F2N3O2. The highest BCUT2D eigenvalue weighted by Crippen LogP contribution is 2.31. The molecule has 0 radical (unpaired) electrons. The van der Waals surface area contributed by atoms with Crippen LogP contribution in [0.25, 0.3) is 0 Å². The SMILES string of the molecule is CC(C(=O)Nc1ccc(F)cc1F)N1CCN(C(=O)C2CC2)CC1. The minimum absolute atomic E-state index is 0.0317. The van der Waals surface area contributed by atoms with E-state index in [1.54, 1.807) is 6.92 Å². The lowest BCUT2D eigenvalue weighted by molar-refractivity contribution is -0.135. The van der Waals surface area contributed by atoms with E-state index in [0.29, 0.717) is 26.2 Å². The molecule has 2 fully saturated rings. The number of carbonyl (C=O) groups is 2. The summed E-state index contributed by atoms with van der Waals surface area (Å²) in [5, 5.41) is 2.49. The van der Waals surface area contributed by atoms with Gasteiger partial charge in [-0.15, -0.1) is 0 Å². The molecule has 5 nitrogen and oxygen atoms in total. The van der Waals surface area contributed by atoms with Crippen LogP contribution in [0.15, 0.2) is 18.2 Å². The average Bonchev–Trinajstić information content (AvgIpc) is 3.41. The lowest BCUT2D eigenvalue weighted by Gasteiger charge is -2.37. The van der Waals surface area contributed by atoms with E-state index in [9.17, 15) is 18.4 Å². The molecule has 2 aliphatic rings. The van der Waals surface area contributed by atoms with Gasteiger partial charge in [0.2, 0.25) is 11.8 Å². The van der Waals surface area contributed by atoms with Crippen LogP contribution in [0.1, 0.15) is 19.8 Å². The molecule has 7 heteroatoms. The number of rotatable bonds is 4. The summed E-state index contributed by atoms with van der Waals surface area (Å²) in [5.41, 5.74) is -0.0317. The molecule has 2 amide bonds. The Labute approximate surface area is 139 Å². The second kappa shape index (κ2) is 6.84. The van der Waals surface area contributed by atoms with Crippen molar-refractivity contribution in [2.24, 2.45) is 5.92 Å². The first-order valence-electron chi connectivity index (χ1n) is 8.24. The van der Waals surface area contributed by atoms with Crippen LogP contribution in [0.3, 0.4) is 0 Å². The van der Waals surface area contributed by atoms with E-state index in [2.05, 4.69) is 5.32 Å². The highest BCUT2D eigenvalue weighted by Gasteiger charge is 2.35. The largest absolute Gasteiger partial charge is 0.340 e. The molecule has 1 saturated carbocycles. The van der Waals surface area contributed by atoms with Gasteiger partial charge in [0.25, 0.3) is 0 Å². The highest BCUT2D eigenvalue weighted by molar-refractivity contribution is 5.94. The Kier molecular flexibility index (Phi) is 4.80. The summed E-state index contributed by atoms with van der Waals surface area (Å²) < 4.78 is 26.5. The molecule has 1 aliphatic carbocycles. The monoisotopic (exact) mass is 337 g/mol. The fourth-order valence-electron chi connectivity index (χ4n) is 2.91. The van der Waals surface area contributed by atoms with Crippen LogP contribution in [0.2, 0.25) is 0 Å². The quantitative estimate of drug-likeness (QED) is 0.912. The summed E-state index contributed by atoms with van der Waals surface area (Å²) in [7, 11) is 0. The van der Waals surface area contributed by atoms with Gasteiger partial charge < -0.3 is 10.2 Å². The maximum absolute atomic E-state index is 13.6. The molecule has 1 saturated heterocycles. The van der Waals surface area contributed by atoms with Crippen molar-refractivity contribution >= 4 is 17.5 Å². The number of nitrogens with zero attached hydrogens (tertiary/aromatic N) is 2. The molecule has 1 heterocycles. The number of halogens is 2. The predicted molar refractivity (Wildman–Crippen MR) is 85.3 cm³/mol. The fourth-order valence-corrected chi connectivity index (χ4v) is 2.91. The van der Waals surface area contributed by atoms with E-state index in [1.807, 2.05) is 9.80 Å². The molecular weight excluding hydrogens is 316 g/mol. The minimum atomic E-state index is -0.796. The molecule has 24 heavy (non-hydrogen) atoms. The number of nitrogens with one attached hydrogen (secondary N) is 1. The maximum atomic E-state index is 13.6. The smallest absolute Gasteiger partial charge is 0.241 e. The van der Waals surface area contributed by atoms with Gasteiger partial charge in [-0.1, -0.05) is 0 Å². The number of benzene rings is 1.